The summed E-state index contributed by atoms with van der Waals surface area (Å²) in [5.41, 5.74) is 3.50. The molecule has 0 aliphatic heterocycles. The highest BCUT2D eigenvalue weighted by molar-refractivity contribution is 8.29. The lowest BCUT2D eigenvalue weighted by Crippen LogP contribution is -2.26. The zero-order valence-corrected chi connectivity index (χ0v) is 18.1. The van der Waals surface area contributed by atoms with Gasteiger partial charge in [-0.15, -0.1) is 10.3 Å². The molecule has 0 bridgehead atoms. The fourth-order valence-corrected chi connectivity index (χ4v) is 3.53. The van der Waals surface area contributed by atoms with E-state index in [9.17, 15) is 13.2 Å². The van der Waals surface area contributed by atoms with Crippen molar-refractivity contribution in [2.24, 2.45) is 5.16 Å². The maximum absolute atomic E-state index is 12.2. The molecule has 0 spiro atoms. The average Bonchev–Trinajstić information content (AvgIpc) is 2.56. The largest absolute Gasteiger partial charge is 0.425 e. The predicted molar refractivity (Wildman–Crippen MR) is 114 cm³/mol. The highest BCUT2D eigenvalue weighted by atomic mass is 32.3. The summed E-state index contributed by atoms with van der Waals surface area (Å²) in [6.45, 7) is 6.53. The Morgan fingerprint density at radius 2 is 1.89 bits per heavy atom. The lowest BCUT2D eigenvalue weighted by molar-refractivity contribution is -0.173. The quantitative estimate of drug-likeness (QED) is 0.449. The van der Waals surface area contributed by atoms with Gasteiger partial charge in [-0.2, -0.15) is 13.2 Å². The van der Waals surface area contributed by atoms with E-state index < -0.39 is 23.1 Å². The van der Waals surface area contributed by atoms with Crippen LogP contribution in [0.2, 0.25) is 0 Å². The lowest BCUT2D eigenvalue weighted by Gasteiger charge is -2.43. The van der Waals surface area contributed by atoms with Crippen molar-refractivity contribution in [3.63, 3.8) is 0 Å². The zero-order chi connectivity index (χ0) is 21.0. The number of anilines is 1. The molecule has 1 aliphatic carbocycles. The molecule has 1 aliphatic rings. The number of fused-ring (bicyclic) bond motifs is 1. The van der Waals surface area contributed by atoms with E-state index in [1.54, 1.807) is 0 Å². The standard InChI is InChI=1S/C20H31F3N2O2S.H2/c1-19(2,3)28(4,5)27-12-11-24-16-9-10-17-15(13-16)7-6-8-18(17)25-26-14-20(21,22)23;/h9-10,13,24H,6-8,11-12,14H2,1-5H3;1H/b25-18-;. The molecule has 8 heteroatoms. The maximum atomic E-state index is 12.2. The second-order valence-corrected chi connectivity index (χ2v) is 12.2. The van der Waals surface area contributed by atoms with Crippen LogP contribution in [-0.4, -0.2) is 48.9 Å². The van der Waals surface area contributed by atoms with E-state index >= 15 is 0 Å². The fraction of sp³-hybridized carbons (Fsp3) is 0.650. The Hall–Kier alpha value is -1.41. The van der Waals surface area contributed by atoms with Crippen LogP contribution in [-0.2, 0) is 15.4 Å². The highest BCUT2D eigenvalue weighted by Crippen LogP contribution is 2.53. The monoisotopic (exact) mass is 422 g/mol. The van der Waals surface area contributed by atoms with Gasteiger partial charge in [0.25, 0.3) is 0 Å². The van der Waals surface area contributed by atoms with E-state index in [0.29, 0.717) is 25.3 Å². The molecule has 0 saturated carbocycles. The third-order valence-electron chi connectivity index (χ3n) is 4.96. The minimum Gasteiger partial charge on any atom is -0.386 e. The summed E-state index contributed by atoms with van der Waals surface area (Å²) in [6.07, 6.45) is 2.32. The van der Waals surface area contributed by atoms with Crippen molar-refractivity contribution in [3.05, 3.63) is 29.3 Å². The van der Waals surface area contributed by atoms with Gasteiger partial charge in [-0.1, -0.05) is 32.0 Å². The van der Waals surface area contributed by atoms with Gasteiger partial charge in [-0.25, -0.2) is 0 Å². The summed E-state index contributed by atoms with van der Waals surface area (Å²) >= 11 is 0. The summed E-state index contributed by atoms with van der Waals surface area (Å²) in [7, 11) is -1.14. The van der Waals surface area contributed by atoms with Crippen molar-refractivity contribution in [2.75, 3.05) is 37.6 Å². The number of nitrogens with zero attached hydrogens (tertiary/aromatic N) is 1. The molecule has 162 valence electrons. The van der Waals surface area contributed by atoms with Crippen molar-refractivity contribution in [1.82, 2.24) is 0 Å². The number of oxime groups is 1. The van der Waals surface area contributed by atoms with Crippen LogP contribution < -0.4 is 5.32 Å². The number of halogens is 3. The van der Waals surface area contributed by atoms with Gasteiger partial charge in [0.05, 0.1) is 12.3 Å². The maximum Gasteiger partial charge on any atom is 0.425 e. The average molecular weight is 423 g/mol. The zero-order valence-electron chi connectivity index (χ0n) is 17.3. The molecule has 2 rings (SSSR count). The number of hydrogen-bond donors (Lipinski definition) is 1. The summed E-state index contributed by atoms with van der Waals surface area (Å²) in [5, 5.41) is 7.09. The van der Waals surface area contributed by atoms with Gasteiger partial charge in [0, 0.05) is 24.0 Å². The number of rotatable bonds is 7. The van der Waals surface area contributed by atoms with Gasteiger partial charge in [-0.3, -0.25) is 0 Å². The molecule has 1 aromatic rings. The van der Waals surface area contributed by atoms with E-state index in [2.05, 4.69) is 48.6 Å². The summed E-state index contributed by atoms with van der Waals surface area (Å²) in [5.74, 6) is 0. The third-order valence-corrected chi connectivity index (χ3v) is 8.67. The second-order valence-electron chi connectivity index (χ2n) is 8.25. The highest BCUT2D eigenvalue weighted by Gasteiger charge is 2.29. The first kappa shape index (κ1) is 22.9. The number of hydrogen-bond acceptors (Lipinski definition) is 4. The molecule has 28 heavy (non-hydrogen) atoms. The summed E-state index contributed by atoms with van der Waals surface area (Å²) in [6, 6.07) is 5.86. The van der Waals surface area contributed by atoms with Crippen LogP contribution in [0.3, 0.4) is 0 Å². The topological polar surface area (TPSA) is 42.8 Å². The Bertz CT molecular complexity index is 704. The van der Waals surface area contributed by atoms with Crippen molar-refractivity contribution in [2.45, 2.75) is 51.0 Å². The van der Waals surface area contributed by atoms with E-state index in [4.69, 9.17) is 4.18 Å². The summed E-state index contributed by atoms with van der Waals surface area (Å²) < 4.78 is 42.9. The van der Waals surface area contributed by atoms with Crippen LogP contribution in [0.25, 0.3) is 0 Å². The molecule has 0 saturated heterocycles. The van der Waals surface area contributed by atoms with Gasteiger partial charge in [-0.05, 0) is 49.5 Å². The molecule has 0 unspecified atom stereocenters. The molecule has 4 nitrogen and oxygen atoms in total. The minimum absolute atomic E-state index is 0. The smallest absolute Gasteiger partial charge is 0.386 e. The van der Waals surface area contributed by atoms with Gasteiger partial charge in [0.2, 0.25) is 6.61 Å². The van der Waals surface area contributed by atoms with Crippen molar-refractivity contribution in [1.29, 1.82) is 0 Å². The Balaban J connectivity index is 0.00000420. The van der Waals surface area contributed by atoms with Crippen LogP contribution in [0, 0.1) is 0 Å². The number of benzene rings is 1. The van der Waals surface area contributed by atoms with Gasteiger partial charge < -0.3 is 14.3 Å². The van der Waals surface area contributed by atoms with Crippen molar-refractivity contribution < 1.29 is 23.6 Å². The van der Waals surface area contributed by atoms with E-state index in [0.717, 1.165) is 29.7 Å². The molecule has 0 amide bonds. The van der Waals surface area contributed by atoms with Crippen LogP contribution in [0.4, 0.5) is 18.9 Å². The molecule has 1 aromatic carbocycles. The second kappa shape index (κ2) is 8.95. The van der Waals surface area contributed by atoms with Gasteiger partial charge in [0.15, 0.2) is 0 Å². The lowest BCUT2D eigenvalue weighted by atomic mass is 9.90. The van der Waals surface area contributed by atoms with Crippen molar-refractivity contribution in [3.8, 4) is 0 Å². The Morgan fingerprint density at radius 3 is 2.54 bits per heavy atom. The molecule has 0 radical (unpaired) electrons. The number of alkyl halides is 3. The molecular weight excluding hydrogens is 389 g/mol. The molecular formula is C20H33F3N2O2S. The van der Waals surface area contributed by atoms with Crippen molar-refractivity contribution >= 4 is 21.7 Å². The molecule has 0 aromatic heterocycles. The van der Waals surface area contributed by atoms with E-state index in [1.807, 2.05) is 18.2 Å². The SMILES string of the molecule is CC(C)(C)S(C)(C)OCCNc1ccc2c(c1)CCC/C2=N/OCC(F)(F)F.[HH]. The van der Waals surface area contributed by atoms with Crippen LogP contribution >= 0.6 is 10.3 Å². The Kier molecular flexibility index (Phi) is 7.31. The van der Waals surface area contributed by atoms with Gasteiger partial charge in [0.1, 0.15) is 0 Å². The first-order valence-corrected chi connectivity index (χ1v) is 11.8. The number of aryl methyl sites for hydroxylation is 1. The van der Waals surface area contributed by atoms with E-state index in [1.165, 1.54) is 0 Å². The molecule has 1 N–H and O–H groups in total. The Labute approximate surface area is 168 Å². The minimum atomic E-state index is -4.37. The molecule has 0 heterocycles. The summed E-state index contributed by atoms with van der Waals surface area (Å²) in [4.78, 5) is 4.50. The van der Waals surface area contributed by atoms with Gasteiger partial charge >= 0.3 is 6.18 Å². The molecule has 0 fully saturated rings. The molecule has 0 atom stereocenters. The normalized spacial score (nSPS) is 17.4. The predicted octanol–water partition coefficient (Wildman–Crippen LogP) is 5.76. The van der Waals surface area contributed by atoms with Crippen LogP contribution in [0.1, 0.15) is 46.2 Å². The van der Waals surface area contributed by atoms with Crippen LogP contribution in [0.5, 0.6) is 0 Å². The van der Waals surface area contributed by atoms with E-state index in [-0.39, 0.29) is 6.17 Å². The first-order chi connectivity index (χ1) is 12.9. The Morgan fingerprint density at radius 1 is 1.18 bits per heavy atom. The third kappa shape index (κ3) is 6.58. The first-order valence-electron chi connectivity index (χ1n) is 9.39. The number of nitrogens with one attached hydrogen (secondary N) is 1. The fourth-order valence-electron chi connectivity index (χ4n) is 2.67. The van der Waals surface area contributed by atoms with Crippen LogP contribution in [0.15, 0.2) is 23.4 Å².